The second-order valence-electron chi connectivity index (χ2n) is 3.75. The number of benzene rings is 1. The first-order valence-electron chi connectivity index (χ1n) is 4.91. The van der Waals surface area contributed by atoms with Crippen LogP contribution in [0, 0.1) is 5.92 Å². The Morgan fingerprint density at radius 3 is 3.00 bits per heavy atom. The maximum atomic E-state index is 10.1. The third-order valence-electron chi connectivity index (χ3n) is 2.74. The molecule has 0 spiro atoms. The molecule has 1 saturated heterocycles. The van der Waals surface area contributed by atoms with Crippen LogP contribution >= 0.6 is 15.9 Å². The van der Waals surface area contributed by atoms with Gasteiger partial charge in [-0.25, -0.2) is 0 Å². The van der Waals surface area contributed by atoms with Crippen molar-refractivity contribution in [1.29, 1.82) is 0 Å². The Morgan fingerprint density at radius 1 is 1.50 bits per heavy atom. The molecule has 76 valence electrons. The van der Waals surface area contributed by atoms with E-state index in [0.29, 0.717) is 5.92 Å². The summed E-state index contributed by atoms with van der Waals surface area (Å²) in [6, 6.07) is 7.91. The van der Waals surface area contributed by atoms with Gasteiger partial charge in [0.2, 0.25) is 0 Å². The minimum absolute atomic E-state index is 0.331. The molecule has 0 aliphatic carbocycles. The summed E-state index contributed by atoms with van der Waals surface area (Å²) in [7, 11) is 0. The predicted octanol–water partition coefficient (Wildman–Crippen LogP) is 2.09. The standard InChI is InChI=1S/C11H14BrNO/c12-10-3-1-2-8(6-10)11(14)9-4-5-13-7-9/h1-3,6,9,11,13-14H,4-5,7H2. The number of rotatable bonds is 2. The van der Waals surface area contributed by atoms with Gasteiger partial charge >= 0.3 is 0 Å². The Morgan fingerprint density at radius 2 is 2.36 bits per heavy atom. The lowest BCUT2D eigenvalue weighted by Crippen LogP contribution is -2.16. The molecule has 0 bridgehead atoms. The molecule has 0 saturated carbocycles. The Hall–Kier alpha value is -0.380. The molecule has 1 fully saturated rings. The smallest absolute Gasteiger partial charge is 0.0831 e. The normalized spacial score (nSPS) is 23.7. The molecule has 0 aromatic heterocycles. The van der Waals surface area contributed by atoms with E-state index in [2.05, 4.69) is 21.2 Å². The van der Waals surface area contributed by atoms with Crippen LogP contribution in [0.3, 0.4) is 0 Å². The van der Waals surface area contributed by atoms with E-state index >= 15 is 0 Å². The van der Waals surface area contributed by atoms with Crippen LogP contribution in [0.15, 0.2) is 28.7 Å². The van der Waals surface area contributed by atoms with Gasteiger partial charge in [0.1, 0.15) is 0 Å². The quantitative estimate of drug-likeness (QED) is 0.849. The first kappa shape index (κ1) is 10.1. The van der Waals surface area contributed by atoms with Crippen molar-refractivity contribution in [1.82, 2.24) is 5.32 Å². The molecule has 1 aromatic carbocycles. The van der Waals surface area contributed by atoms with Gasteiger partial charge in [-0.2, -0.15) is 0 Å². The van der Waals surface area contributed by atoms with Crippen molar-refractivity contribution in [3.8, 4) is 0 Å². The first-order valence-corrected chi connectivity index (χ1v) is 5.71. The van der Waals surface area contributed by atoms with Crippen molar-refractivity contribution in [2.24, 2.45) is 5.92 Å². The lowest BCUT2D eigenvalue weighted by atomic mass is 9.95. The number of halogens is 1. The summed E-state index contributed by atoms with van der Waals surface area (Å²) in [5.41, 5.74) is 1.01. The topological polar surface area (TPSA) is 32.3 Å². The third-order valence-corrected chi connectivity index (χ3v) is 3.23. The van der Waals surface area contributed by atoms with E-state index in [4.69, 9.17) is 0 Å². The van der Waals surface area contributed by atoms with Crippen molar-refractivity contribution in [3.63, 3.8) is 0 Å². The highest BCUT2D eigenvalue weighted by molar-refractivity contribution is 9.10. The van der Waals surface area contributed by atoms with Gasteiger partial charge in [0, 0.05) is 16.9 Å². The molecule has 14 heavy (non-hydrogen) atoms. The largest absolute Gasteiger partial charge is 0.388 e. The summed E-state index contributed by atoms with van der Waals surface area (Å²) in [6.45, 7) is 1.95. The molecular formula is C11H14BrNO. The van der Waals surface area contributed by atoms with Crippen LogP contribution in [0.1, 0.15) is 18.1 Å². The van der Waals surface area contributed by atoms with Crippen LogP contribution in [-0.4, -0.2) is 18.2 Å². The molecule has 2 unspecified atom stereocenters. The van der Waals surface area contributed by atoms with E-state index in [1.807, 2.05) is 24.3 Å². The maximum absolute atomic E-state index is 10.1. The molecule has 2 atom stereocenters. The molecular weight excluding hydrogens is 242 g/mol. The molecule has 1 aromatic rings. The molecule has 1 aliphatic rings. The number of nitrogens with one attached hydrogen (secondary N) is 1. The highest BCUT2D eigenvalue weighted by Crippen LogP contribution is 2.27. The van der Waals surface area contributed by atoms with E-state index in [0.717, 1.165) is 29.5 Å². The lowest BCUT2D eigenvalue weighted by Gasteiger charge is -2.17. The van der Waals surface area contributed by atoms with Crippen molar-refractivity contribution in [3.05, 3.63) is 34.3 Å². The Kier molecular flexibility index (Phi) is 3.21. The summed E-state index contributed by atoms with van der Waals surface area (Å²) >= 11 is 3.41. The van der Waals surface area contributed by atoms with Crippen molar-refractivity contribution < 1.29 is 5.11 Å². The van der Waals surface area contributed by atoms with E-state index in [9.17, 15) is 5.11 Å². The Labute approximate surface area is 92.5 Å². The zero-order valence-electron chi connectivity index (χ0n) is 7.91. The van der Waals surface area contributed by atoms with Gasteiger partial charge < -0.3 is 10.4 Å². The van der Waals surface area contributed by atoms with E-state index in [-0.39, 0.29) is 6.10 Å². The van der Waals surface area contributed by atoms with E-state index in [1.165, 1.54) is 0 Å². The minimum atomic E-state index is -0.331. The zero-order valence-corrected chi connectivity index (χ0v) is 9.50. The predicted molar refractivity (Wildman–Crippen MR) is 60.1 cm³/mol. The van der Waals surface area contributed by atoms with Gasteiger partial charge in [0.05, 0.1) is 6.10 Å². The van der Waals surface area contributed by atoms with Crippen LogP contribution in [0.2, 0.25) is 0 Å². The SMILES string of the molecule is OC(c1cccc(Br)c1)C1CCNC1. The molecule has 0 amide bonds. The monoisotopic (exact) mass is 255 g/mol. The van der Waals surface area contributed by atoms with Gasteiger partial charge in [-0.3, -0.25) is 0 Å². The highest BCUT2D eigenvalue weighted by atomic mass is 79.9. The van der Waals surface area contributed by atoms with E-state index < -0.39 is 0 Å². The summed E-state index contributed by atoms with van der Waals surface area (Å²) < 4.78 is 1.03. The number of hydrogen-bond acceptors (Lipinski definition) is 2. The van der Waals surface area contributed by atoms with Crippen LogP contribution in [0.5, 0.6) is 0 Å². The molecule has 2 nitrogen and oxygen atoms in total. The average Bonchev–Trinajstić information content (AvgIpc) is 2.69. The fraction of sp³-hybridized carbons (Fsp3) is 0.455. The second-order valence-corrected chi connectivity index (χ2v) is 4.67. The fourth-order valence-electron chi connectivity index (χ4n) is 1.91. The number of aliphatic hydroxyl groups is 1. The molecule has 2 N–H and O–H groups in total. The molecule has 3 heteroatoms. The maximum Gasteiger partial charge on any atom is 0.0831 e. The Balaban J connectivity index is 2.13. The van der Waals surface area contributed by atoms with Crippen LogP contribution in [0.4, 0.5) is 0 Å². The Bertz CT molecular complexity index is 310. The molecule has 1 aliphatic heterocycles. The third kappa shape index (κ3) is 2.16. The van der Waals surface area contributed by atoms with Gasteiger partial charge in [-0.15, -0.1) is 0 Å². The summed E-state index contributed by atoms with van der Waals surface area (Å²) in [6.07, 6.45) is 0.732. The summed E-state index contributed by atoms with van der Waals surface area (Å²) in [5.74, 6) is 0.365. The van der Waals surface area contributed by atoms with Crippen LogP contribution < -0.4 is 5.32 Å². The molecule has 1 heterocycles. The average molecular weight is 256 g/mol. The second kappa shape index (κ2) is 4.43. The summed E-state index contributed by atoms with van der Waals surface area (Å²) in [5, 5.41) is 13.3. The van der Waals surface area contributed by atoms with E-state index in [1.54, 1.807) is 0 Å². The fourth-order valence-corrected chi connectivity index (χ4v) is 2.33. The van der Waals surface area contributed by atoms with Crippen LogP contribution in [0.25, 0.3) is 0 Å². The zero-order chi connectivity index (χ0) is 9.97. The molecule has 2 rings (SSSR count). The first-order chi connectivity index (χ1) is 6.77. The number of hydrogen-bond donors (Lipinski definition) is 2. The van der Waals surface area contributed by atoms with Crippen molar-refractivity contribution in [2.75, 3.05) is 13.1 Å². The van der Waals surface area contributed by atoms with Crippen molar-refractivity contribution in [2.45, 2.75) is 12.5 Å². The number of aliphatic hydroxyl groups excluding tert-OH is 1. The minimum Gasteiger partial charge on any atom is -0.388 e. The van der Waals surface area contributed by atoms with Crippen molar-refractivity contribution >= 4 is 15.9 Å². The lowest BCUT2D eigenvalue weighted by molar-refractivity contribution is 0.118. The van der Waals surface area contributed by atoms with Gasteiger partial charge in [-0.05, 0) is 30.7 Å². The highest BCUT2D eigenvalue weighted by Gasteiger charge is 2.23. The van der Waals surface area contributed by atoms with Crippen LogP contribution in [-0.2, 0) is 0 Å². The van der Waals surface area contributed by atoms with Gasteiger partial charge in [0.15, 0.2) is 0 Å². The van der Waals surface area contributed by atoms with Gasteiger partial charge in [0.25, 0.3) is 0 Å². The molecule has 0 radical (unpaired) electrons. The van der Waals surface area contributed by atoms with Gasteiger partial charge in [-0.1, -0.05) is 28.1 Å². The summed E-state index contributed by atoms with van der Waals surface area (Å²) in [4.78, 5) is 0.